The normalized spacial score (nSPS) is 16.9. The summed E-state index contributed by atoms with van der Waals surface area (Å²) >= 11 is 6.42. The van der Waals surface area contributed by atoms with Crippen LogP contribution in [-0.4, -0.2) is 46.0 Å². The number of thioether (sulfide) groups is 1. The van der Waals surface area contributed by atoms with Gasteiger partial charge in [0.1, 0.15) is 4.32 Å². The SMILES string of the molecule is C=CCN1C(=O)/C(=C/c2ccc(O[C@@H](C)C(=O)O)c(OC)c2)SC1=S. The third-order valence-electron chi connectivity index (χ3n) is 3.32. The summed E-state index contributed by atoms with van der Waals surface area (Å²) in [4.78, 5) is 25.2. The molecule has 2 rings (SSSR count). The predicted octanol–water partition coefficient (Wildman–Crippen LogP) is 2.93. The van der Waals surface area contributed by atoms with Crippen molar-refractivity contribution in [3.63, 3.8) is 0 Å². The Hall–Kier alpha value is -2.32. The number of methoxy groups -OCH3 is 1. The van der Waals surface area contributed by atoms with Crippen LogP contribution < -0.4 is 9.47 Å². The Bertz CT molecular complexity index is 759. The van der Waals surface area contributed by atoms with Crippen molar-refractivity contribution in [3.8, 4) is 11.5 Å². The van der Waals surface area contributed by atoms with Crippen LogP contribution in [0.5, 0.6) is 11.5 Å². The summed E-state index contributed by atoms with van der Waals surface area (Å²) in [7, 11) is 1.46. The molecule has 0 bridgehead atoms. The third kappa shape index (κ3) is 4.40. The highest BCUT2D eigenvalue weighted by Crippen LogP contribution is 2.34. The molecule has 1 saturated heterocycles. The minimum absolute atomic E-state index is 0.173. The molecule has 132 valence electrons. The molecule has 0 spiro atoms. The van der Waals surface area contributed by atoms with Gasteiger partial charge in [-0.25, -0.2) is 4.79 Å². The monoisotopic (exact) mass is 379 g/mol. The molecule has 1 N–H and O–H groups in total. The number of hydrogen-bond acceptors (Lipinski definition) is 6. The Morgan fingerprint density at radius 2 is 2.20 bits per heavy atom. The summed E-state index contributed by atoms with van der Waals surface area (Å²) in [6, 6.07) is 4.99. The van der Waals surface area contributed by atoms with E-state index in [1.165, 1.54) is 30.7 Å². The van der Waals surface area contributed by atoms with Crippen molar-refractivity contribution in [1.29, 1.82) is 0 Å². The Morgan fingerprint density at radius 1 is 1.48 bits per heavy atom. The van der Waals surface area contributed by atoms with Crippen molar-refractivity contribution in [2.45, 2.75) is 13.0 Å². The van der Waals surface area contributed by atoms with Crippen molar-refractivity contribution in [1.82, 2.24) is 4.90 Å². The zero-order valence-electron chi connectivity index (χ0n) is 13.7. The van der Waals surface area contributed by atoms with Crippen molar-refractivity contribution in [2.24, 2.45) is 0 Å². The molecule has 1 heterocycles. The molecule has 8 heteroatoms. The largest absolute Gasteiger partial charge is 0.493 e. The highest BCUT2D eigenvalue weighted by atomic mass is 32.2. The average Bonchev–Trinajstić information content (AvgIpc) is 2.83. The number of thiocarbonyl (C=S) groups is 1. The number of carbonyl (C=O) groups is 2. The summed E-state index contributed by atoms with van der Waals surface area (Å²) in [6.45, 7) is 5.41. The van der Waals surface area contributed by atoms with Gasteiger partial charge in [-0.1, -0.05) is 36.1 Å². The first-order valence-corrected chi connectivity index (χ1v) is 8.53. The highest BCUT2D eigenvalue weighted by Gasteiger charge is 2.31. The second-order valence-corrected chi connectivity index (χ2v) is 6.77. The van der Waals surface area contributed by atoms with Crippen molar-refractivity contribution in [3.05, 3.63) is 41.3 Å². The summed E-state index contributed by atoms with van der Waals surface area (Å²) in [6.07, 6.45) is 2.32. The fourth-order valence-electron chi connectivity index (χ4n) is 2.05. The van der Waals surface area contributed by atoms with E-state index in [-0.39, 0.29) is 5.91 Å². The van der Waals surface area contributed by atoms with Gasteiger partial charge < -0.3 is 14.6 Å². The van der Waals surface area contributed by atoms with Gasteiger partial charge in [0, 0.05) is 6.54 Å². The number of aliphatic carboxylic acids is 1. The molecular formula is C17H17NO5S2. The molecule has 1 amide bonds. The fraction of sp³-hybridized carbons (Fsp3) is 0.235. The van der Waals surface area contributed by atoms with Crippen LogP contribution in [0.2, 0.25) is 0 Å². The molecule has 1 fully saturated rings. The number of carboxylic acid groups (broad SMARTS) is 1. The first-order valence-electron chi connectivity index (χ1n) is 7.31. The summed E-state index contributed by atoms with van der Waals surface area (Å²) in [5.74, 6) is -0.553. The van der Waals surface area contributed by atoms with Crippen LogP contribution in [0.25, 0.3) is 6.08 Å². The molecule has 0 unspecified atom stereocenters. The van der Waals surface area contributed by atoms with Crippen LogP contribution in [0, 0.1) is 0 Å². The van der Waals surface area contributed by atoms with Gasteiger partial charge in [0.05, 0.1) is 12.0 Å². The number of rotatable bonds is 7. The van der Waals surface area contributed by atoms with Crippen LogP contribution in [0.15, 0.2) is 35.8 Å². The first-order chi connectivity index (χ1) is 11.9. The van der Waals surface area contributed by atoms with Crippen LogP contribution in [0.3, 0.4) is 0 Å². The number of amides is 1. The van der Waals surface area contributed by atoms with E-state index in [4.69, 9.17) is 26.8 Å². The van der Waals surface area contributed by atoms with E-state index in [1.54, 1.807) is 30.4 Å². The van der Waals surface area contributed by atoms with Crippen molar-refractivity contribution >= 4 is 46.3 Å². The maximum atomic E-state index is 12.3. The van der Waals surface area contributed by atoms with E-state index >= 15 is 0 Å². The van der Waals surface area contributed by atoms with E-state index in [1.807, 2.05) is 0 Å². The Balaban J connectivity index is 2.26. The Morgan fingerprint density at radius 3 is 2.80 bits per heavy atom. The maximum Gasteiger partial charge on any atom is 0.344 e. The standard InChI is InChI=1S/C17H17NO5S2/c1-4-7-18-15(19)14(25-17(18)24)9-11-5-6-12(13(8-11)22-3)23-10(2)16(20)21/h4-6,8-10H,1,7H2,2-3H3,(H,20,21)/b14-9-/t10-/m0/s1. The molecule has 1 aliphatic heterocycles. The first kappa shape index (κ1) is 19.0. The van der Waals surface area contributed by atoms with Gasteiger partial charge >= 0.3 is 5.97 Å². The predicted molar refractivity (Wildman–Crippen MR) is 101 cm³/mol. The van der Waals surface area contributed by atoms with Gasteiger partial charge in [-0.15, -0.1) is 6.58 Å². The van der Waals surface area contributed by atoms with Gasteiger partial charge in [0.15, 0.2) is 17.6 Å². The number of benzene rings is 1. The lowest BCUT2D eigenvalue weighted by Crippen LogP contribution is -2.27. The third-order valence-corrected chi connectivity index (χ3v) is 4.70. The molecular weight excluding hydrogens is 362 g/mol. The van der Waals surface area contributed by atoms with Crippen LogP contribution in [-0.2, 0) is 9.59 Å². The van der Waals surface area contributed by atoms with Gasteiger partial charge in [0.25, 0.3) is 5.91 Å². The lowest BCUT2D eigenvalue weighted by molar-refractivity contribution is -0.144. The molecule has 1 aliphatic rings. The second-order valence-electron chi connectivity index (χ2n) is 5.09. The van der Waals surface area contributed by atoms with E-state index in [0.29, 0.717) is 32.8 Å². The molecule has 0 radical (unpaired) electrons. The molecule has 0 aliphatic carbocycles. The number of carboxylic acids is 1. The summed E-state index contributed by atoms with van der Waals surface area (Å²) < 4.78 is 11.1. The van der Waals surface area contributed by atoms with E-state index in [9.17, 15) is 9.59 Å². The van der Waals surface area contributed by atoms with Gasteiger partial charge in [0.2, 0.25) is 0 Å². The van der Waals surface area contributed by atoms with Crippen LogP contribution >= 0.6 is 24.0 Å². The lowest BCUT2D eigenvalue weighted by Gasteiger charge is -2.14. The van der Waals surface area contributed by atoms with E-state index < -0.39 is 12.1 Å². The zero-order valence-corrected chi connectivity index (χ0v) is 15.4. The fourth-order valence-corrected chi connectivity index (χ4v) is 3.33. The molecule has 0 aromatic heterocycles. The number of ether oxygens (including phenoxy) is 2. The van der Waals surface area contributed by atoms with E-state index in [2.05, 4.69) is 6.58 Å². The molecule has 6 nitrogen and oxygen atoms in total. The summed E-state index contributed by atoms with van der Waals surface area (Å²) in [5, 5.41) is 8.93. The lowest BCUT2D eigenvalue weighted by atomic mass is 10.2. The van der Waals surface area contributed by atoms with Gasteiger partial charge in [-0.3, -0.25) is 9.69 Å². The smallest absolute Gasteiger partial charge is 0.344 e. The maximum absolute atomic E-state index is 12.3. The summed E-state index contributed by atoms with van der Waals surface area (Å²) in [5.41, 5.74) is 0.714. The van der Waals surface area contributed by atoms with Gasteiger partial charge in [-0.05, 0) is 30.7 Å². The molecule has 25 heavy (non-hydrogen) atoms. The second kappa shape index (κ2) is 8.17. The minimum atomic E-state index is -1.07. The molecule has 0 saturated carbocycles. The van der Waals surface area contributed by atoms with Crippen molar-refractivity contribution < 1.29 is 24.2 Å². The Labute approximate surface area is 155 Å². The Kier molecular flexibility index (Phi) is 6.22. The number of hydrogen-bond donors (Lipinski definition) is 1. The van der Waals surface area contributed by atoms with Crippen LogP contribution in [0.1, 0.15) is 12.5 Å². The number of nitrogens with zero attached hydrogens (tertiary/aromatic N) is 1. The quantitative estimate of drug-likeness (QED) is 0.443. The molecule has 1 aromatic carbocycles. The van der Waals surface area contributed by atoms with Gasteiger partial charge in [-0.2, -0.15) is 0 Å². The topological polar surface area (TPSA) is 76.1 Å². The molecule has 1 atom stereocenters. The average molecular weight is 379 g/mol. The van der Waals surface area contributed by atoms with E-state index in [0.717, 1.165) is 0 Å². The van der Waals surface area contributed by atoms with Crippen LogP contribution in [0.4, 0.5) is 0 Å². The van der Waals surface area contributed by atoms with Crippen molar-refractivity contribution in [2.75, 3.05) is 13.7 Å². The molecule has 1 aromatic rings. The zero-order chi connectivity index (χ0) is 18.6. The minimum Gasteiger partial charge on any atom is -0.493 e. The number of carbonyl (C=O) groups excluding carboxylic acids is 1. The highest BCUT2D eigenvalue weighted by molar-refractivity contribution is 8.26.